The van der Waals surface area contributed by atoms with E-state index in [-0.39, 0.29) is 24.2 Å². The Morgan fingerprint density at radius 3 is 2.30 bits per heavy atom. The molecule has 162 valence electrons. The number of amides is 3. The second-order valence-corrected chi connectivity index (χ2v) is 6.67. The second-order valence-electron chi connectivity index (χ2n) is 6.67. The molecule has 1 aromatic rings. The van der Waals surface area contributed by atoms with E-state index >= 15 is 0 Å². The first kappa shape index (κ1) is 24.4. The van der Waals surface area contributed by atoms with Crippen molar-refractivity contribution in [1.29, 1.82) is 5.26 Å². The molecule has 1 rings (SSSR count). The van der Waals surface area contributed by atoms with Crippen molar-refractivity contribution in [3.05, 3.63) is 35.4 Å². The molecule has 0 aliphatic rings. The zero-order valence-corrected chi connectivity index (χ0v) is 17.3. The van der Waals surface area contributed by atoms with Crippen molar-refractivity contribution < 1.29 is 14.4 Å². The van der Waals surface area contributed by atoms with Gasteiger partial charge in [0.1, 0.15) is 12.1 Å². The zero-order valence-electron chi connectivity index (χ0n) is 17.3. The first-order chi connectivity index (χ1) is 14.3. The van der Waals surface area contributed by atoms with E-state index in [2.05, 4.69) is 20.9 Å². The highest BCUT2D eigenvalue weighted by molar-refractivity contribution is 5.91. The summed E-state index contributed by atoms with van der Waals surface area (Å²) in [6, 6.07) is 7.14. The molecule has 0 radical (unpaired) electrons. The molecule has 0 bridgehead atoms. The van der Waals surface area contributed by atoms with Crippen molar-refractivity contribution >= 4 is 23.7 Å². The maximum atomic E-state index is 12.8. The fraction of sp³-hybridized carbons (Fsp3) is 0.450. The lowest BCUT2D eigenvalue weighted by molar-refractivity contribution is -0.131. The predicted molar refractivity (Wildman–Crippen MR) is 113 cm³/mol. The van der Waals surface area contributed by atoms with Crippen LogP contribution in [0.2, 0.25) is 0 Å². The van der Waals surface area contributed by atoms with Gasteiger partial charge in [-0.2, -0.15) is 5.26 Å². The van der Waals surface area contributed by atoms with Gasteiger partial charge in [0, 0.05) is 26.4 Å². The summed E-state index contributed by atoms with van der Waals surface area (Å²) in [7, 11) is 0. The van der Waals surface area contributed by atoms with Crippen molar-refractivity contribution in [2.24, 2.45) is 16.5 Å². The molecule has 10 heteroatoms. The molecular formula is C20H29N7O3. The number of rotatable bonds is 11. The Bertz CT molecular complexity index is 796. The maximum absolute atomic E-state index is 12.8. The minimum absolute atomic E-state index is 0.0470. The molecule has 0 saturated heterocycles. The molecule has 0 spiro atoms. The number of hydrogen-bond donors (Lipinski definition) is 5. The monoisotopic (exact) mass is 415 g/mol. The van der Waals surface area contributed by atoms with Crippen LogP contribution in [-0.2, 0) is 20.8 Å². The molecule has 0 aliphatic carbocycles. The lowest BCUT2D eigenvalue weighted by Crippen LogP contribution is -2.54. The summed E-state index contributed by atoms with van der Waals surface area (Å²) in [6.07, 6.45) is 1.02. The Morgan fingerprint density at radius 2 is 1.77 bits per heavy atom. The van der Waals surface area contributed by atoms with E-state index in [4.69, 9.17) is 16.7 Å². The molecular weight excluding hydrogens is 386 g/mol. The van der Waals surface area contributed by atoms with Gasteiger partial charge >= 0.3 is 0 Å². The van der Waals surface area contributed by atoms with Gasteiger partial charge in [0.05, 0.1) is 11.6 Å². The summed E-state index contributed by atoms with van der Waals surface area (Å²) in [5, 5.41) is 16.9. The van der Waals surface area contributed by atoms with E-state index in [9.17, 15) is 14.4 Å². The van der Waals surface area contributed by atoms with Crippen LogP contribution < -0.4 is 27.4 Å². The highest BCUT2D eigenvalue weighted by atomic mass is 16.2. The molecule has 30 heavy (non-hydrogen) atoms. The molecule has 10 nitrogen and oxygen atoms in total. The Balaban J connectivity index is 2.89. The molecule has 0 aromatic heterocycles. The standard InChI is InChI=1S/C20H29N7O3/c1-3-24-18(29)17(11-14-6-8-15(12-21)9-7-14)27-19(30)16(26-13(2)28)5-4-10-25-20(22)23/h6-9,16-17H,3-5,10-11H2,1-2H3,(H,24,29)(H,26,28)(H,27,30)(H4,22,23,25)/t16-,17-/m0/s1. The third-order valence-corrected chi connectivity index (χ3v) is 4.15. The van der Waals surface area contributed by atoms with Crippen molar-refractivity contribution in [2.45, 2.75) is 45.2 Å². The molecule has 0 fully saturated rings. The summed E-state index contributed by atoms with van der Waals surface area (Å²) in [5.74, 6) is -1.22. The van der Waals surface area contributed by atoms with Gasteiger partial charge in [0.25, 0.3) is 0 Å². The Morgan fingerprint density at radius 1 is 1.10 bits per heavy atom. The van der Waals surface area contributed by atoms with Gasteiger partial charge in [-0.3, -0.25) is 19.4 Å². The number of benzene rings is 1. The number of carbonyl (C=O) groups excluding carboxylic acids is 3. The van der Waals surface area contributed by atoms with Crippen LogP contribution in [0.15, 0.2) is 29.3 Å². The number of nitrogens with one attached hydrogen (secondary N) is 3. The molecule has 0 heterocycles. The SMILES string of the molecule is CCNC(=O)[C@H](Cc1ccc(C#N)cc1)NC(=O)[C@H](CCCN=C(N)N)NC(C)=O. The van der Waals surface area contributed by atoms with Crippen LogP contribution in [-0.4, -0.2) is 48.9 Å². The van der Waals surface area contributed by atoms with Gasteiger partial charge in [0.15, 0.2) is 5.96 Å². The molecule has 0 unspecified atom stereocenters. The van der Waals surface area contributed by atoms with E-state index in [1.165, 1.54) is 6.92 Å². The van der Waals surface area contributed by atoms with E-state index in [0.717, 1.165) is 5.56 Å². The topological polar surface area (TPSA) is 175 Å². The Labute approximate surface area is 176 Å². The largest absolute Gasteiger partial charge is 0.370 e. The summed E-state index contributed by atoms with van der Waals surface area (Å²) in [4.78, 5) is 40.6. The van der Waals surface area contributed by atoms with Crippen molar-refractivity contribution in [3.8, 4) is 6.07 Å². The zero-order chi connectivity index (χ0) is 22.5. The van der Waals surface area contributed by atoms with Crippen molar-refractivity contribution in [2.75, 3.05) is 13.1 Å². The number of nitrogens with two attached hydrogens (primary N) is 2. The number of likely N-dealkylation sites (N-methyl/N-ethyl adjacent to an activating group) is 1. The molecule has 1 aromatic carbocycles. The highest BCUT2D eigenvalue weighted by Crippen LogP contribution is 2.08. The summed E-state index contributed by atoms with van der Waals surface area (Å²) in [5.41, 5.74) is 11.9. The fourth-order valence-corrected chi connectivity index (χ4v) is 2.75. The molecule has 0 saturated carbocycles. The Hall–Kier alpha value is -3.61. The number of hydrogen-bond acceptors (Lipinski definition) is 5. The highest BCUT2D eigenvalue weighted by Gasteiger charge is 2.26. The number of nitriles is 1. The smallest absolute Gasteiger partial charge is 0.243 e. The molecule has 0 aliphatic heterocycles. The number of nitrogens with zero attached hydrogens (tertiary/aromatic N) is 2. The fourth-order valence-electron chi connectivity index (χ4n) is 2.75. The van der Waals surface area contributed by atoms with Gasteiger partial charge in [-0.1, -0.05) is 12.1 Å². The lowest BCUT2D eigenvalue weighted by atomic mass is 10.0. The summed E-state index contributed by atoms with van der Waals surface area (Å²) >= 11 is 0. The van der Waals surface area contributed by atoms with Gasteiger partial charge in [-0.15, -0.1) is 0 Å². The lowest BCUT2D eigenvalue weighted by Gasteiger charge is -2.23. The van der Waals surface area contributed by atoms with Gasteiger partial charge < -0.3 is 27.4 Å². The van der Waals surface area contributed by atoms with E-state index in [0.29, 0.717) is 31.5 Å². The first-order valence-electron chi connectivity index (χ1n) is 9.66. The predicted octanol–water partition coefficient (Wildman–Crippen LogP) is -0.720. The first-order valence-corrected chi connectivity index (χ1v) is 9.66. The van der Waals surface area contributed by atoms with Crippen LogP contribution in [0, 0.1) is 11.3 Å². The maximum Gasteiger partial charge on any atom is 0.243 e. The molecule has 2 atom stereocenters. The van der Waals surface area contributed by atoms with Crippen LogP contribution >= 0.6 is 0 Å². The number of carbonyl (C=O) groups is 3. The second kappa shape index (κ2) is 12.8. The van der Waals surface area contributed by atoms with E-state index in [1.807, 2.05) is 6.07 Å². The van der Waals surface area contributed by atoms with Gasteiger partial charge in [-0.05, 0) is 37.5 Å². The average molecular weight is 415 g/mol. The van der Waals surface area contributed by atoms with Crippen LogP contribution in [0.5, 0.6) is 0 Å². The normalized spacial score (nSPS) is 12.0. The molecule has 3 amide bonds. The number of guanidine groups is 1. The van der Waals surface area contributed by atoms with E-state index in [1.54, 1.807) is 31.2 Å². The molecule has 7 N–H and O–H groups in total. The average Bonchev–Trinajstić information content (AvgIpc) is 2.70. The minimum atomic E-state index is -0.834. The third-order valence-electron chi connectivity index (χ3n) is 4.15. The van der Waals surface area contributed by atoms with Gasteiger partial charge in [-0.25, -0.2) is 0 Å². The van der Waals surface area contributed by atoms with E-state index < -0.39 is 18.0 Å². The minimum Gasteiger partial charge on any atom is -0.370 e. The van der Waals surface area contributed by atoms with Crippen LogP contribution in [0.25, 0.3) is 0 Å². The summed E-state index contributed by atoms with van der Waals surface area (Å²) < 4.78 is 0. The van der Waals surface area contributed by atoms with Crippen LogP contribution in [0.1, 0.15) is 37.8 Å². The van der Waals surface area contributed by atoms with Gasteiger partial charge in [0.2, 0.25) is 17.7 Å². The van der Waals surface area contributed by atoms with Crippen LogP contribution in [0.4, 0.5) is 0 Å². The Kier molecular flexibility index (Phi) is 10.4. The van der Waals surface area contributed by atoms with Crippen molar-refractivity contribution in [3.63, 3.8) is 0 Å². The quantitative estimate of drug-likeness (QED) is 0.181. The number of aliphatic imine (C=N–C) groups is 1. The summed E-state index contributed by atoms with van der Waals surface area (Å²) in [6.45, 7) is 3.82. The third kappa shape index (κ3) is 9.05. The van der Waals surface area contributed by atoms with Crippen LogP contribution in [0.3, 0.4) is 0 Å². The van der Waals surface area contributed by atoms with Crippen molar-refractivity contribution in [1.82, 2.24) is 16.0 Å².